The fourth-order valence-corrected chi connectivity index (χ4v) is 4.82. The first-order valence-electron chi connectivity index (χ1n) is 9.97. The van der Waals surface area contributed by atoms with Crippen LogP contribution in [-0.2, 0) is 16.3 Å². The third-order valence-corrected chi connectivity index (χ3v) is 6.88. The summed E-state index contributed by atoms with van der Waals surface area (Å²) in [6.45, 7) is 4.29. The summed E-state index contributed by atoms with van der Waals surface area (Å²) in [5.41, 5.74) is 1.51. The molecule has 168 valence electrons. The monoisotopic (exact) mass is 472 g/mol. The van der Waals surface area contributed by atoms with Crippen molar-refractivity contribution in [2.45, 2.75) is 31.2 Å². The minimum absolute atomic E-state index is 0.0855. The average Bonchev–Trinajstić information content (AvgIpc) is 3.25. The summed E-state index contributed by atoms with van der Waals surface area (Å²) < 4.78 is 23.9. The molecule has 0 aliphatic heterocycles. The van der Waals surface area contributed by atoms with Gasteiger partial charge < -0.3 is 5.32 Å². The van der Waals surface area contributed by atoms with Gasteiger partial charge in [0.1, 0.15) is 0 Å². The fraction of sp³-hybridized carbons (Fsp3) is 0.261. The quantitative estimate of drug-likeness (QED) is 0.375. The molecule has 1 aromatic heterocycles. The Morgan fingerprint density at radius 3 is 2.34 bits per heavy atom. The highest BCUT2D eigenvalue weighted by Gasteiger charge is 2.23. The third-order valence-electron chi connectivity index (χ3n) is 4.85. The van der Waals surface area contributed by atoms with E-state index in [0.717, 1.165) is 41.3 Å². The summed E-state index contributed by atoms with van der Waals surface area (Å²) in [5, 5.41) is 16.1. The van der Waals surface area contributed by atoms with Gasteiger partial charge in [0.15, 0.2) is 9.84 Å². The molecule has 1 atom stereocenters. The predicted octanol–water partition coefficient (Wildman–Crippen LogP) is 4.78. The first-order chi connectivity index (χ1) is 15.0. The Labute approximate surface area is 191 Å². The molecule has 0 saturated carbocycles. The van der Waals surface area contributed by atoms with Gasteiger partial charge in [0.25, 0.3) is 11.6 Å². The zero-order valence-corrected chi connectivity index (χ0v) is 19.6. The molecule has 0 fully saturated rings. The van der Waals surface area contributed by atoms with Gasteiger partial charge in [0.05, 0.1) is 15.9 Å². The van der Waals surface area contributed by atoms with E-state index in [1.54, 1.807) is 0 Å². The topological polar surface area (TPSA) is 106 Å². The van der Waals surface area contributed by atoms with E-state index < -0.39 is 32.4 Å². The van der Waals surface area contributed by atoms with Crippen LogP contribution in [0.5, 0.6) is 0 Å². The van der Waals surface area contributed by atoms with Crippen LogP contribution in [0, 0.1) is 16.0 Å². The highest BCUT2D eigenvalue weighted by Crippen LogP contribution is 2.28. The molecular weight excluding hydrogens is 448 g/mol. The van der Waals surface area contributed by atoms with Crippen molar-refractivity contribution in [1.82, 2.24) is 5.32 Å². The van der Waals surface area contributed by atoms with E-state index in [0.29, 0.717) is 5.92 Å². The van der Waals surface area contributed by atoms with Crippen molar-refractivity contribution in [3.8, 4) is 0 Å². The SMILES string of the molecule is CC(C)Cc1ccc(C(NC(=O)c2cc([N+](=O)[O-])cc(S(C)(=O)=O)c2)c2cccs2)cc1. The lowest BCUT2D eigenvalue weighted by atomic mass is 9.98. The Morgan fingerprint density at radius 2 is 1.81 bits per heavy atom. The lowest BCUT2D eigenvalue weighted by Gasteiger charge is -2.19. The van der Waals surface area contributed by atoms with Crippen molar-refractivity contribution in [3.05, 3.63) is 91.7 Å². The Kier molecular flexibility index (Phi) is 7.10. The molecule has 1 amide bonds. The number of hydrogen-bond acceptors (Lipinski definition) is 6. The van der Waals surface area contributed by atoms with Crippen LogP contribution in [0.1, 0.15) is 46.3 Å². The summed E-state index contributed by atoms with van der Waals surface area (Å²) in [7, 11) is -3.74. The second-order valence-electron chi connectivity index (χ2n) is 8.01. The molecule has 1 N–H and O–H groups in total. The van der Waals surface area contributed by atoms with Gasteiger partial charge >= 0.3 is 0 Å². The van der Waals surface area contributed by atoms with E-state index in [1.165, 1.54) is 16.9 Å². The number of thiophene rings is 1. The molecule has 3 aromatic rings. The van der Waals surface area contributed by atoms with Gasteiger partial charge in [-0.25, -0.2) is 8.42 Å². The molecule has 0 aliphatic rings. The van der Waals surface area contributed by atoms with Gasteiger partial charge in [-0.15, -0.1) is 11.3 Å². The minimum Gasteiger partial charge on any atom is -0.340 e. The fourth-order valence-electron chi connectivity index (χ4n) is 3.34. The van der Waals surface area contributed by atoms with Gasteiger partial charge in [-0.3, -0.25) is 14.9 Å². The number of sulfone groups is 1. The van der Waals surface area contributed by atoms with Crippen LogP contribution in [0.2, 0.25) is 0 Å². The van der Waals surface area contributed by atoms with Crippen LogP contribution in [-0.4, -0.2) is 25.5 Å². The van der Waals surface area contributed by atoms with Crippen LogP contribution in [0.4, 0.5) is 5.69 Å². The molecular formula is C23H24N2O5S2. The van der Waals surface area contributed by atoms with Gasteiger partial charge in [-0.2, -0.15) is 0 Å². The van der Waals surface area contributed by atoms with E-state index in [2.05, 4.69) is 19.2 Å². The summed E-state index contributed by atoms with van der Waals surface area (Å²) in [6, 6.07) is 14.5. The van der Waals surface area contributed by atoms with Gasteiger partial charge in [0, 0.05) is 28.8 Å². The molecule has 32 heavy (non-hydrogen) atoms. The Balaban J connectivity index is 1.96. The molecule has 0 aliphatic carbocycles. The van der Waals surface area contributed by atoms with Crippen LogP contribution in [0.3, 0.4) is 0 Å². The number of hydrogen-bond donors (Lipinski definition) is 1. The van der Waals surface area contributed by atoms with Crippen molar-refractivity contribution >= 4 is 32.8 Å². The molecule has 0 bridgehead atoms. The number of rotatable bonds is 8. The predicted molar refractivity (Wildman–Crippen MR) is 125 cm³/mol. The molecule has 3 rings (SSSR count). The maximum atomic E-state index is 13.1. The summed E-state index contributed by atoms with van der Waals surface area (Å²) in [4.78, 5) is 24.2. The molecule has 0 radical (unpaired) electrons. The van der Waals surface area contributed by atoms with E-state index in [4.69, 9.17) is 0 Å². The maximum Gasteiger partial charge on any atom is 0.271 e. The highest BCUT2D eigenvalue weighted by atomic mass is 32.2. The number of carbonyl (C=O) groups excluding carboxylic acids is 1. The Bertz CT molecular complexity index is 1220. The maximum absolute atomic E-state index is 13.1. The smallest absolute Gasteiger partial charge is 0.271 e. The zero-order valence-electron chi connectivity index (χ0n) is 17.9. The van der Waals surface area contributed by atoms with Crippen LogP contribution < -0.4 is 5.32 Å². The molecule has 7 nitrogen and oxygen atoms in total. The molecule has 1 unspecified atom stereocenters. The third kappa shape index (κ3) is 5.80. The van der Waals surface area contributed by atoms with Crippen LogP contribution in [0.15, 0.2) is 64.9 Å². The van der Waals surface area contributed by atoms with E-state index >= 15 is 0 Å². The van der Waals surface area contributed by atoms with Crippen LogP contribution in [0.25, 0.3) is 0 Å². The molecule has 9 heteroatoms. The van der Waals surface area contributed by atoms with Gasteiger partial charge in [-0.05, 0) is 41.0 Å². The lowest BCUT2D eigenvalue weighted by molar-refractivity contribution is -0.385. The Hall–Kier alpha value is -3.04. The highest BCUT2D eigenvalue weighted by molar-refractivity contribution is 7.90. The van der Waals surface area contributed by atoms with Crippen molar-refractivity contribution in [3.63, 3.8) is 0 Å². The second kappa shape index (κ2) is 9.62. The van der Waals surface area contributed by atoms with Crippen LogP contribution >= 0.6 is 11.3 Å². The van der Waals surface area contributed by atoms with E-state index in [-0.39, 0.29) is 10.5 Å². The minimum atomic E-state index is -3.74. The van der Waals surface area contributed by atoms with Gasteiger partial charge in [0.2, 0.25) is 0 Å². The van der Waals surface area contributed by atoms with Crippen molar-refractivity contribution in [2.75, 3.05) is 6.26 Å². The van der Waals surface area contributed by atoms with Crippen molar-refractivity contribution < 1.29 is 18.1 Å². The van der Waals surface area contributed by atoms with Crippen molar-refractivity contribution in [2.24, 2.45) is 5.92 Å². The summed E-state index contributed by atoms with van der Waals surface area (Å²) >= 11 is 1.47. The molecule has 0 saturated heterocycles. The van der Waals surface area contributed by atoms with E-state index in [1.807, 2.05) is 41.8 Å². The van der Waals surface area contributed by atoms with E-state index in [9.17, 15) is 23.3 Å². The molecule has 1 heterocycles. The number of carbonyl (C=O) groups is 1. The number of nitrogens with one attached hydrogen (secondary N) is 1. The zero-order chi connectivity index (χ0) is 23.5. The number of nitro benzene ring substituents is 1. The second-order valence-corrected chi connectivity index (χ2v) is 11.0. The Morgan fingerprint density at radius 1 is 1.12 bits per heavy atom. The lowest BCUT2D eigenvalue weighted by Crippen LogP contribution is -2.29. The molecule has 0 spiro atoms. The van der Waals surface area contributed by atoms with Crippen molar-refractivity contribution in [1.29, 1.82) is 0 Å². The number of nitro groups is 1. The number of nitrogens with zero attached hydrogens (tertiary/aromatic N) is 1. The van der Waals surface area contributed by atoms with Gasteiger partial charge in [-0.1, -0.05) is 44.2 Å². The normalized spacial score (nSPS) is 12.5. The first kappa shape index (κ1) is 23.6. The number of amides is 1. The number of benzene rings is 2. The molecule has 2 aromatic carbocycles. The standard InChI is InChI=1S/C23H24N2O5S2/c1-15(2)11-16-6-8-17(9-7-16)22(21-5-4-10-31-21)24-23(26)18-12-19(25(27)28)14-20(13-18)32(3,29)30/h4-10,12-15,22H,11H2,1-3H3,(H,24,26). The summed E-state index contributed by atoms with van der Waals surface area (Å²) in [6.07, 6.45) is 1.89. The average molecular weight is 473 g/mol. The summed E-state index contributed by atoms with van der Waals surface area (Å²) in [5.74, 6) is -0.0742. The number of non-ortho nitro benzene ring substituents is 1. The first-order valence-corrected chi connectivity index (χ1v) is 12.7. The largest absolute Gasteiger partial charge is 0.340 e.